The maximum atomic E-state index is 12.2. The molecule has 0 aliphatic carbocycles. The van der Waals surface area contributed by atoms with Gasteiger partial charge in [0.1, 0.15) is 11.8 Å². The van der Waals surface area contributed by atoms with Gasteiger partial charge in [-0.25, -0.2) is 0 Å². The molecular formula is C14H14BrN3O2. The summed E-state index contributed by atoms with van der Waals surface area (Å²) < 4.78 is 0.907. The molecule has 1 aromatic carbocycles. The van der Waals surface area contributed by atoms with E-state index in [0.717, 1.165) is 23.9 Å². The van der Waals surface area contributed by atoms with E-state index in [2.05, 4.69) is 31.6 Å². The number of carbonyl (C=O) groups excluding carboxylic acids is 2. The van der Waals surface area contributed by atoms with Gasteiger partial charge < -0.3 is 10.6 Å². The molecule has 0 spiro atoms. The smallest absolute Gasteiger partial charge is 0.264 e. The number of carbonyl (C=O) groups is 2. The van der Waals surface area contributed by atoms with Crippen LogP contribution < -0.4 is 10.6 Å². The molecule has 20 heavy (non-hydrogen) atoms. The average molecular weight is 336 g/mol. The number of amidine groups is 1. The summed E-state index contributed by atoms with van der Waals surface area (Å²) >= 11 is 3.33. The molecule has 2 amide bonds. The molecule has 2 atom stereocenters. The first-order valence-electron chi connectivity index (χ1n) is 6.57. The summed E-state index contributed by atoms with van der Waals surface area (Å²) in [6, 6.07) is 7.15. The number of benzene rings is 1. The van der Waals surface area contributed by atoms with E-state index in [1.807, 2.05) is 12.1 Å². The van der Waals surface area contributed by atoms with Gasteiger partial charge in [0.25, 0.3) is 5.91 Å². The lowest BCUT2D eigenvalue weighted by molar-refractivity contribution is -0.129. The lowest BCUT2D eigenvalue weighted by Gasteiger charge is -2.23. The number of nitrogens with zero attached hydrogens (tertiary/aromatic N) is 1. The molecule has 6 heteroatoms. The zero-order chi connectivity index (χ0) is 14.1. The second kappa shape index (κ2) is 5.46. The maximum Gasteiger partial charge on any atom is 0.264 e. The van der Waals surface area contributed by atoms with Crippen LogP contribution >= 0.6 is 15.9 Å². The molecule has 2 N–H and O–H groups in total. The summed E-state index contributed by atoms with van der Waals surface area (Å²) in [5.74, 6) is -1.06. The third-order valence-electron chi connectivity index (χ3n) is 3.58. The van der Waals surface area contributed by atoms with E-state index in [0.29, 0.717) is 11.4 Å². The van der Waals surface area contributed by atoms with Crippen LogP contribution in [0.25, 0.3) is 0 Å². The van der Waals surface area contributed by atoms with Crippen molar-refractivity contribution in [3.8, 4) is 0 Å². The van der Waals surface area contributed by atoms with Gasteiger partial charge in [-0.3, -0.25) is 9.59 Å². The first-order valence-corrected chi connectivity index (χ1v) is 7.36. The Labute approximate surface area is 125 Å². The first kappa shape index (κ1) is 13.5. The van der Waals surface area contributed by atoms with Crippen LogP contribution in [0.1, 0.15) is 24.3 Å². The van der Waals surface area contributed by atoms with Gasteiger partial charge in [0.15, 0.2) is 0 Å². The van der Waals surface area contributed by atoms with Gasteiger partial charge in [0.2, 0.25) is 5.91 Å². The summed E-state index contributed by atoms with van der Waals surface area (Å²) in [6.07, 6.45) is 1.93. The molecule has 3 rings (SSSR count). The van der Waals surface area contributed by atoms with Gasteiger partial charge in [0.05, 0.1) is 6.04 Å². The van der Waals surface area contributed by atoms with E-state index in [9.17, 15) is 9.59 Å². The van der Waals surface area contributed by atoms with Crippen LogP contribution in [0.15, 0.2) is 33.7 Å². The van der Waals surface area contributed by atoms with Crippen molar-refractivity contribution < 1.29 is 9.59 Å². The van der Waals surface area contributed by atoms with Crippen molar-refractivity contribution in [2.75, 3.05) is 6.54 Å². The van der Waals surface area contributed by atoms with E-state index < -0.39 is 5.92 Å². The zero-order valence-electron chi connectivity index (χ0n) is 10.7. The van der Waals surface area contributed by atoms with Crippen LogP contribution in [-0.2, 0) is 9.59 Å². The van der Waals surface area contributed by atoms with Gasteiger partial charge >= 0.3 is 0 Å². The summed E-state index contributed by atoms with van der Waals surface area (Å²) in [7, 11) is 0. The number of hydrogen-bond donors (Lipinski definition) is 2. The number of amides is 2. The molecule has 2 unspecified atom stereocenters. The molecule has 1 aromatic rings. The molecule has 1 saturated heterocycles. The average Bonchev–Trinajstić information content (AvgIpc) is 2.94. The quantitative estimate of drug-likeness (QED) is 0.801. The Bertz CT molecular complexity index is 577. The molecule has 2 aliphatic heterocycles. The van der Waals surface area contributed by atoms with Crippen LogP contribution in [0.2, 0.25) is 0 Å². The van der Waals surface area contributed by atoms with Crippen LogP contribution in [0, 0.1) is 0 Å². The fourth-order valence-corrected chi connectivity index (χ4v) is 2.82. The van der Waals surface area contributed by atoms with Gasteiger partial charge in [0, 0.05) is 4.47 Å². The Balaban J connectivity index is 1.86. The lowest BCUT2D eigenvalue weighted by atomic mass is 9.96. The van der Waals surface area contributed by atoms with Gasteiger partial charge in [-0.1, -0.05) is 28.1 Å². The molecular weight excluding hydrogens is 322 g/mol. The monoisotopic (exact) mass is 335 g/mol. The number of aliphatic imine (C=N–C) groups is 1. The number of halogens is 1. The molecule has 1 fully saturated rings. The molecule has 2 aliphatic rings. The van der Waals surface area contributed by atoms with Crippen LogP contribution in [0.3, 0.4) is 0 Å². The second-order valence-electron chi connectivity index (χ2n) is 4.96. The molecule has 0 saturated carbocycles. The fourth-order valence-electron chi connectivity index (χ4n) is 2.55. The number of hydrogen-bond acceptors (Lipinski definition) is 3. The molecule has 5 nitrogen and oxygen atoms in total. The highest BCUT2D eigenvalue weighted by Gasteiger charge is 2.36. The molecule has 0 aromatic heterocycles. The predicted octanol–water partition coefficient (Wildman–Crippen LogP) is 1.34. The highest BCUT2D eigenvalue weighted by Crippen LogP contribution is 2.23. The van der Waals surface area contributed by atoms with E-state index in [1.165, 1.54) is 0 Å². The van der Waals surface area contributed by atoms with Crippen molar-refractivity contribution in [2.45, 2.75) is 24.8 Å². The number of rotatable bonds is 2. The van der Waals surface area contributed by atoms with Crippen molar-refractivity contribution in [1.82, 2.24) is 10.6 Å². The van der Waals surface area contributed by atoms with Crippen LogP contribution in [0.5, 0.6) is 0 Å². The minimum Gasteiger partial charge on any atom is -0.312 e. The molecule has 0 bridgehead atoms. The molecule has 0 radical (unpaired) electrons. The van der Waals surface area contributed by atoms with Crippen molar-refractivity contribution in [3.63, 3.8) is 0 Å². The Morgan fingerprint density at radius 2 is 1.95 bits per heavy atom. The second-order valence-corrected chi connectivity index (χ2v) is 5.87. The van der Waals surface area contributed by atoms with E-state index in [4.69, 9.17) is 0 Å². The van der Waals surface area contributed by atoms with Gasteiger partial charge in [-0.05, 0) is 37.1 Å². The van der Waals surface area contributed by atoms with Gasteiger partial charge in [-0.2, -0.15) is 4.99 Å². The van der Waals surface area contributed by atoms with Crippen LogP contribution in [-0.4, -0.2) is 30.2 Å². The third kappa shape index (κ3) is 2.53. The summed E-state index contributed by atoms with van der Waals surface area (Å²) in [4.78, 5) is 28.4. The van der Waals surface area contributed by atoms with Gasteiger partial charge in [-0.15, -0.1) is 0 Å². The SMILES string of the molecule is O=C1N=C(C2CCCN2)NC(=O)C1c1ccc(Br)cc1. The summed E-state index contributed by atoms with van der Waals surface area (Å²) in [5.41, 5.74) is 0.665. The minimum atomic E-state index is -0.840. The predicted molar refractivity (Wildman–Crippen MR) is 78.5 cm³/mol. The van der Waals surface area contributed by atoms with Crippen molar-refractivity contribution in [1.29, 1.82) is 0 Å². The zero-order valence-corrected chi connectivity index (χ0v) is 12.3. The largest absolute Gasteiger partial charge is 0.312 e. The highest BCUT2D eigenvalue weighted by atomic mass is 79.9. The standard InChI is InChI=1S/C14H14BrN3O2/c15-9-5-3-8(4-6-9)11-13(19)17-12(18-14(11)20)10-2-1-7-16-10/h3-6,10-11,16H,1-2,7H2,(H,17,18,19,20). The van der Waals surface area contributed by atoms with Crippen molar-refractivity contribution in [3.05, 3.63) is 34.3 Å². The third-order valence-corrected chi connectivity index (χ3v) is 4.11. The summed E-state index contributed by atoms with van der Waals surface area (Å²) in [5, 5.41) is 5.99. The van der Waals surface area contributed by atoms with E-state index in [-0.39, 0.29) is 17.9 Å². The van der Waals surface area contributed by atoms with Crippen molar-refractivity contribution >= 4 is 33.6 Å². The maximum absolute atomic E-state index is 12.2. The van der Waals surface area contributed by atoms with E-state index >= 15 is 0 Å². The topological polar surface area (TPSA) is 70.6 Å². The molecule has 104 valence electrons. The Morgan fingerprint density at radius 3 is 2.55 bits per heavy atom. The van der Waals surface area contributed by atoms with Crippen LogP contribution in [0.4, 0.5) is 0 Å². The normalized spacial score (nSPS) is 26.4. The van der Waals surface area contributed by atoms with Crippen molar-refractivity contribution in [2.24, 2.45) is 4.99 Å². The molecule has 2 heterocycles. The summed E-state index contributed by atoms with van der Waals surface area (Å²) in [6.45, 7) is 0.893. The minimum absolute atomic E-state index is 0.00577. The Hall–Kier alpha value is -1.53. The fraction of sp³-hybridized carbons (Fsp3) is 0.357. The van der Waals surface area contributed by atoms with E-state index in [1.54, 1.807) is 12.1 Å². The highest BCUT2D eigenvalue weighted by molar-refractivity contribution is 9.10. The Kier molecular flexibility index (Phi) is 3.67. The number of nitrogens with one attached hydrogen (secondary N) is 2. The lowest BCUT2D eigenvalue weighted by Crippen LogP contribution is -2.50. The first-order chi connectivity index (χ1) is 9.65. The Morgan fingerprint density at radius 1 is 1.20 bits per heavy atom.